The van der Waals surface area contributed by atoms with Crippen LogP contribution >= 0.6 is 0 Å². The van der Waals surface area contributed by atoms with Crippen LogP contribution in [-0.4, -0.2) is 34.5 Å². The van der Waals surface area contributed by atoms with E-state index in [2.05, 4.69) is 15.2 Å². The summed E-state index contributed by atoms with van der Waals surface area (Å²) in [6.45, 7) is 0.842. The van der Waals surface area contributed by atoms with Gasteiger partial charge in [-0.2, -0.15) is 5.10 Å². The van der Waals surface area contributed by atoms with Gasteiger partial charge in [-0.25, -0.2) is 8.42 Å². The molecule has 2 heterocycles. The van der Waals surface area contributed by atoms with Gasteiger partial charge in [-0.15, -0.1) is 0 Å². The van der Waals surface area contributed by atoms with E-state index in [-0.39, 0.29) is 10.9 Å². The van der Waals surface area contributed by atoms with Crippen LogP contribution in [0.2, 0.25) is 0 Å². The van der Waals surface area contributed by atoms with Crippen LogP contribution in [0.25, 0.3) is 0 Å². The number of hydrogen-bond acceptors (Lipinski definition) is 7. The SMILES string of the molecule is COc1ccc(C2CC(c3ccc(NS(=O)(=O)c4ccc5c(c4)OCCO5)cc3)=NN2)cc1. The molecule has 0 spiro atoms. The first kappa shape index (κ1) is 21.1. The van der Waals surface area contributed by atoms with E-state index in [4.69, 9.17) is 14.2 Å². The van der Waals surface area contributed by atoms with Crippen LogP contribution in [0.4, 0.5) is 5.69 Å². The van der Waals surface area contributed by atoms with Crippen LogP contribution in [0.1, 0.15) is 23.6 Å². The number of nitrogens with zero attached hydrogens (tertiary/aromatic N) is 1. The van der Waals surface area contributed by atoms with Gasteiger partial charge in [0.15, 0.2) is 11.5 Å². The Morgan fingerprint density at radius 1 is 0.970 bits per heavy atom. The maximum Gasteiger partial charge on any atom is 0.262 e. The van der Waals surface area contributed by atoms with Crippen LogP contribution in [0, 0.1) is 0 Å². The summed E-state index contributed by atoms with van der Waals surface area (Å²) >= 11 is 0. The molecule has 2 aliphatic rings. The van der Waals surface area contributed by atoms with Crippen molar-refractivity contribution in [1.29, 1.82) is 0 Å². The predicted octanol–water partition coefficient (Wildman–Crippen LogP) is 3.71. The first-order valence-electron chi connectivity index (χ1n) is 10.5. The highest BCUT2D eigenvalue weighted by atomic mass is 32.2. The fourth-order valence-electron chi connectivity index (χ4n) is 3.79. The van der Waals surface area contributed by atoms with Crippen LogP contribution in [0.5, 0.6) is 17.2 Å². The molecular weight excluding hydrogens is 442 g/mol. The minimum atomic E-state index is -3.77. The normalized spacial score (nSPS) is 17.1. The highest BCUT2D eigenvalue weighted by Crippen LogP contribution is 2.33. The van der Waals surface area contributed by atoms with Gasteiger partial charge < -0.3 is 19.6 Å². The molecule has 0 aromatic heterocycles. The Labute approximate surface area is 192 Å². The van der Waals surface area contributed by atoms with Gasteiger partial charge in [-0.1, -0.05) is 24.3 Å². The van der Waals surface area contributed by atoms with E-state index in [1.165, 1.54) is 12.1 Å². The van der Waals surface area contributed by atoms with E-state index in [0.717, 1.165) is 29.0 Å². The number of anilines is 1. The van der Waals surface area contributed by atoms with Gasteiger partial charge in [-0.3, -0.25) is 4.72 Å². The lowest BCUT2D eigenvalue weighted by Gasteiger charge is -2.19. The van der Waals surface area contributed by atoms with Crippen molar-refractivity contribution in [2.45, 2.75) is 17.4 Å². The first-order valence-corrected chi connectivity index (χ1v) is 12.0. The van der Waals surface area contributed by atoms with E-state index < -0.39 is 10.0 Å². The summed E-state index contributed by atoms with van der Waals surface area (Å²) < 4.78 is 44.4. The smallest absolute Gasteiger partial charge is 0.262 e. The molecule has 170 valence electrons. The van der Waals surface area contributed by atoms with Crippen molar-refractivity contribution < 1.29 is 22.6 Å². The summed E-state index contributed by atoms with van der Waals surface area (Å²) in [6, 6.07) is 19.7. The molecule has 0 saturated carbocycles. The van der Waals surface area contributed by atoms with Crippen molar-refractivity contribution in [3.63, 3.8) is 0 Å². The Morgan fingerprint density at radius 2 is 1.70 bits per heavy atom. The van der Waals surface area contributed by atoms with E-state index in [1.54, 1.807) is 25.3 Å². The number of hydrazone groups is 1. The molecule has 9 heteroatoms. The number of fused-ring (bicyclic) bond motifs is 1. The van der Waals surface area contributed by atoms with E-state index >= 15 is 0 Å². The summed E-state index contributed by atoms with van der Waals surface area (Å²) in [5.41, 5.74) is 6.61. The van der Waals surface area contributed by atoms with E-state index in [9.17, 15) is 8.42 Å². The average molecular weight is 466 g/mol. The Balaban J connectivity index is 1.26. The van der Waals surface area contributed by atoms with Gasteiger partial charge in [0.05, 0.1) is 23.8 Å². The largest absolute Gasteiger partial charge is 0.497 e. The molecule has 8 nitrogen and oxygen atoms in total. The molecule has 5 rings (SSSR count). The highest BCUT2D eigenvalue weighted by Gasteiger charge is 2.22. The molecule has 1 unspecified atom stereocenters. The monoisotopic (exact) mass is 465 g/mol. The second kappa shape index (κ2) is 8.67. The van der Waals surface area contributed by atoms with Crippen LogP contribution in [0.3, 0.4) is 0 Å². The molecule has 0 radical (unpaired) electrons. The van der Waals surface area contributed by atoms with Gasteiger partial charge in [0.1, 0.15) is 19.0 Å². The Kier molecular flexibility index (Phi) is 5.55. The summed E-state index contributed by atoms with van der Waals surface area (Å²) in [4.78, 5) is 0.113. The minimum absolute atomic E-state index is 0.0827. The molecule has 0 aliphatic carbocycles. The van der Waals surface area contributed by atoms with Crippen molar-refractivity contribution in [3.05, 3.63) is 77.9 Å². The second-order valence-electron chi connectivity index (χ2n) is 7.71. The predicted molar refractivity (Wildman–Crippen MR) is 125 cm³/mol. The minimum Gasteiger partial charge on any atom is -0.497 e. The number of hydrogen-bond donors (Lipinski definition) is 2. The molecule has 0 fully saturated rings. The maximum absolute atomic E-state index is 12.8. The molecule has 3 aromatic rings. The molecule has 0 amide bonds. The lowest BCUT2D eigenvalue weighted by Crippen LogP contribution is -2.17. The van der Waals surface area contributed by atoms with Crippen LogP contribution in [-0.2, 0) is 10.0 Å². The Morgan fingerprint density at radius 3 is 2.42 bits per heavy atom. The van der Waals surface area contributed by atoms with Gasteiger partial charge in [-0.05, 0) is 47.5 Å². The third-order valence-corrected chi connectivity index (χ3v) is 6.94. The number of methoxy groups -OCH3 is 1. The lowest BCUT2D eigenvalue weighted by atomic mass is 9.99. The molecule has 0 bridgehead atoms. The molecule has 3 aromatic carbocycles. The van der Waals surface area contributed by atoms with E-state index in [1.807, 2.05) is 36.4 Å². The number of benzene rings is 3. The van der Waals surface area contributed by atoms with Gasteiger partial charge >= 0.3 is 0 Å². The van der Waals surface area contributed by atoms with Crippen molar-refractivity contribution in [2.24, 2.45) is 5.10 Å². The van der Waals surface area contributed by atoms with Gasteiger partial charge in [0.25, 0.3) is 10.0 Å². The number of ether oxygens (including phenoxy) is 3. The standard InChI is InChI=1S/C24H23N3O5S/c1-30-19-8-4-17(5-9-19)22-15-21(25-26-22)16-2-6-18(7-3-16)27-33(28,29)20-10-11-23-24(14-20)32-13-12-31-23/h2-11,14,22,26-27H,12-13,15H2,1H3. The quantitative estimate of drug-likeness (QED) is 0.576. The Bertz CT molecular complexity index is 1290. The third kappa shape index (κ3) is 4.45. The third-order valence-electron chi connectivity index (χ3n) is 5.57. The molecule has 2 aliphatic heterocycles. The zero-order valence-corrected chi connectivity index (χ0v) is 18.8. The summed E-state index contributed by atoms with van der Waals surface area (Å²) in [5, 5.41) is 4.47. The lowest BCUT2D eigenvalue weighted by molar-refractivity contribution is 0.171. The van der Waals surface area contributed by atoms with Crippen LogP contribution in [0.15, 0.2) is 76.7 Å². The van der Waals surface area contributed by atoms with Gasteiger partial charge in [0, 0.05) is 18.2 Å². The van der Waals surface area contributed by atoms with Crippen molar-refractivity contribution in [2.75, 3.05) is 25.0 Å². The van der Waals surface area contributed by atoms with Crippen molar-refractivity contribution in [3.8, 4) is 17.2 Å². The molecular formula is C24H23N3O5S. The molecule has 2 N–H and O–H groups in total. The summed E-state index contributed by atoms with van der Waals surface area (Å²) in [6.07, 6.45) is 0.731. The van der Waals surface area contributed by atoms with E-state index in [0.29, 0.717) is 30.4 Å². The van der Waals surface area contributed by atoms with Gasteiger partial charge in [0.2, 0.25) is 0 Å². The summed E-state index contributed by atoms with van der Waals surface area (Å²) in [5.74, 6) is 1.79. The fraction of sp³-hybridized carbons (Fsp3) is 0.208. The molecule has 1 atom stereocenters. The zero-order valence-electron chi connectivity index (χ0n) is 17.9. The number of nitrogens with one attached hydrogen (secondary N) is 2. The van der Waals surface area contributed by atoms with Crippen molar-refractivity contribution in [1.82, 2.24) is 5.43 Å². The second-order valence-corrected chi connectivity index (χ2v) is 9.39. The van der Waals surface area contributed by atoms with Crippen molar-refractivity contribution >= 4 is 21.4 Å². The Hall–Kier alpha value is -3.72. The first-order chi connectivity index (χ1) is 16.0. The number of rotatable bonds is 6. The average Bonchev–Trinajstić information content (AvgIpc) is 3.34. The zero-order chi connectivity index (χ0) is 22.8. The molecule has 0 saturated heterocycles. The molecule has 33 heavy (non-hydrogen) atoms. The fourth-order valence-corrected chi connectivity index (χ4v) is 4.86. The van der Waals surface area contributed by atoms with Crippen LogP contribution < -0.4 is 24.4 Å². The maximum atomic E-state index is 12.8. The highest BCUT2D eigenvalue weighted by molar-refractivity contribution is 7.92. The topological polar surface area (TPSA) is 98.2 Å². The number of sulfonamides is 1. The summed E-state index contributed by atoms with van der Waals surface area (Å²) in [7, 11) is -2.12.